The van der Waals surface area contributed by atoms with Gasteiger partial charge in [-0.25, -0.2) is 14.4 Å². The zero-order chi connectivity index (χ0) is 14.8. The number of halogens is 1. The molecule has 0 spiro atoms. The molecule has 106 valence electrons. The molecule has 3 aromatic rings. The minimum atomic E-state index is -1.11. The quantitative estimate of drug-likeness (QED) is 0.697. The van der Waals surface area contributed by atoms with Crippen LogP contribution in [0.4, 0.5) is 4.39 Å². The average Bonchev–Trinajstić information content (AvgIpc) is 2.98. The molecule has 1 atom stereocenters. The summed E-state index contributed by atoms with van der Waals surface area (Å²) < 4.78 is 29.6. The molecule has 0 saturated heterocycles. The van der Waals surface area contributed by atoms with Crippen LogP contribution in [0.5, 0.6) is 0 Å². The number of benzene rings is 1. The van der Waals surface area contributed by atoms with Crippen LogP contribution in [0.3, 0.4) is 0 Å². The van der Waals surface area contributed by atoms with Crippen molar-refractivity contribution in [3.8, 4) is 22.7 Å². The fourth-order valence-electron chi connectivity index (χ4n) is 1.83. The highest BCUT2D eigenvalue weighted by atomic mass is 32.2. The van der Waals surface area contributed by atoms with Crippen molar-refractivity contribution in [1.29, 1.82) is 0 Å². The van der Waals surface area contributed by atoms with Gasteiger partial charge in [0.05, 0.1) is 0 Å². The third kappa shape index (κ3) is 2.96. The summed E-state index contributed by atoms with van der Waals surface area (Å²) in [6, 6.07) is 9.39. The lowest BCUT2D eigenvalue weighted by atomic mass is 10.2. The molecule has 0 amide bonds. The highest BCUT2D eigenvalue weighted by Crippen LogP contribution is 2.24. The molecule has 0 aliphatic rings. The van der Waals surface area contributed by atoms with Crippen molar-refractivity contribution in [2.45, 2.75) is 5.03 Å². The van der Waals surface area contributed by atoms with Gasteiger partial charge in [-0.05, 0) is 30.3 Å². The molecule has 0 bridgehead atoms. The summed E-state index contributed by atoms with van der Waals surface area (Å²) in [6.45, 7) is 0. The van der Waals surface area contributed by atoms with Crippen LogP contribution in [0.25, 0.3) is 22.7 Å². The molecule has 0 unspecified atom stereocenters. The van der Waals surface area contributed by atoms with Gasteiger partial charge in [0.1, 0.15) is 24.0 Å². The van der Waals surface area contributed by atoms with Crippen molar-refractivity contribution >= 4 is 11.2 Å². The number of rotatable bonds is 3. The maximum atomic E-state index is 12.9. The van der Waals surface area contributed by atoms with Crippen molar-refractivity contribution < 1.29 is 13.4 Å². The Morgan fingerprint density at radius 2 is 1.81 bits per heavy atom. The summed E-state index contributed by atoms with van der Waals surface area (Å²) in [4.78, 5) is 8.47. The zero-order valence-corrected chi connectivity index (χ0v) is 11.9. The molecule has 0 fully saturated rings. The summed E-state index contributed by atoms with van der Waals surface area (Å²) >= 11 is -1.11. The van der Waals surface area contributed by atoms with E-state index in [1.54, 1.807) is 36.7 Å². The van der Waals surface area contributed by atoms with Crippen molar-refractivity contribution in [2.24, 2.45) is 0 Å². The smallest absolute Gasteiger partial charge is 0.244 e. The van der Waals surface area contributed by atoms with Crippen molar-refractivity contribution in [3.63, 3.8) is 0 Å². The lowest BCUT2D eigenvalue weighted by molar-refractivity contribution is 0.574. The van der Waals surface area contributed by atoms with Crippen LogP contribution in [0.2, 0.25) is 0 Å². The second kappa shape index (κ2) is 5.67. The van der Waals surface area contributed by atoms with E-state index in [0.29, 0.717) is 22.2 Å². The molecule has 2 aromatic heterocycles. The van der Waals surface area contributed by atoms with Gasteiger partial charge in [0.25, 0.3) is 0 Å². The summed E-state index contributed by atoms with van der Waals surface area (Å²) in [5, 5.41) is 0.515. The molecular formula is C15H11FN2O2S. The fourth-order valence-corrected chi connectivity index (χ4v) is 2.29. The lowest BCUT2D eigenvalue weighted by Crippen LogP contribution is -1.99. The van der Waals surface area contributed by atoms with Gasteiger partial charge in [-0.15, -0.1) is 0 Å². The van der Waals surface area contributed by atoms with Crippen LogP contribution in [-0.2, 0) is 11.2 Å². The first kappa shape index (κ1) is 13.8. The summed E-state index contributed by atoms with van der Waals surface area (Å²) in [5.41, 5.74) is 2.08. The minimum Gasteiger partial charge on any atom is -0.610 e. The molecule has 2 heterocycles. The summed E-state index contributed by atoms with van der Waals surface area (Å²) in [6.07, 6.45) is 4.69. The van der Waals surface area contributed by atoms with Crippen molar-refractivity contribution in [1.82, 2.24) is 9.97 Å². The normalized spacial score (nSPS) is 12.3. The molecule has 1 aromatic carbocycles. The van der Waals surface area contributed by atoms with Gasteiger partial charge in [-0.3, -0.25) is 0 Å². The van der Waals surface area contributed by atoms with E-state index in [2.05, 4.69) is 9.97 Å². The average molecular weight is 302 g/mol. The van der Waals surface area contributed by atoms with E-state index in [0.717, 1.165) is 5.56 Å². The van der Waals surface area contributed by atoms with Crippen LogP contribution >= 0.6 is 0 Å². The monoisotopic (exact) mass is 302 g/mol. The largest absolute Gasteiger partial charge is 0.610 e. The molecule has 3 rings (SSSR count). The van der Waals surface area contributed by atoms with Crippen LogP contribution in [0, 0.1) is 5.82 Å². The SMILES string of the molecule is C[S@+]([O-])c1ccc(-c2coc(-c3ccc(F)cc3)n2)cn1. The van der Waals surface area contributed by atoms with Gasteiger partial charge in [0.15, 0.2) is 0 Å². The minimum absolute atomic E-state index is 0.308. The maximum absolute atomic E-state index is 12.9. The molecule has 0 aliphatic heterocycles. The Bertz CT molecular complexity index is 739. The summed E-state index contributed by atoms with van der Waals surface area (Å²) in [7, 11) is 0. The molecule has 0 aliphatic carbocycles. The van der Waals surface area contributed by atoms with Gasteiger partial charge in [0.2, 0.25) is 10.9 Å². The predicted molar refractivity (Wildman–Crippen MR) is 77.5 cm³/mol. The van der Waals surface area contributed by atoms with Crippen LogP contribution in [0.1, 0.15) is 0 Å². The number of oxazole rings is 1. The number of hydrogen-bond donors (Lipinski definition) is 0. The van der Waals surface area contributed by atoms with E-state index in [9.17, 15) is 8.94 Å². The Morgan fingerprint density at radius 3 is 2.43 bits per heavy atom. The molecule has 6 heteroatoms. The van der Waals surface area contributed by atoms with E-state index in [1.165, 1.54) is 18.4 Å². The van der Waals surface area contributed by atoms with Gasteiger partial charge >= 0.3 is 0 Å². The fraction of sp³-hybridized carbons (Fsp3) is 0.0667. The predicted octanol–water partition coefficient (Wildman–Crippen LogP) is 3.28. The van der Waals surface area contributed by atoms with Gasteiger partial charge in [-0.1, -0.05) is 0 Å². The van der Waals surface area contributed by atoms with E-state index in [4.69, 9.17) is 4.42 Å². The van der Waals surface area contributed by atoms with Crippen LogP contribution < -0.4 is 0 Å². The Morgan fingerprint density at radius 1 is 1.10 bits per heavy atom. The molecule has 0 radical (unpaired) electrons. The van der Waals surface area contributed by atoms with E-state index >= 15 is 0 Å². The Labute approximate surface area is 123 Å². The number of pyridine rings is 1. The first-order valence-corrected chi connectivity index (χ1v) is 7.70. The molecule has 0 saturated carbocycles. The van der Waals surface area contributed by atoms with Gasteiger partial charge in [0, 0.05) is 34.6 Å². The second-order valence-electron chi connectivity index (χ2n) is 4.38. The zero-order valence-electron chi connectivity index (χ0n) is 11.1. The lowest BCUT2D eigenvalue weighted by Gasteiger charge is -2.02. The van der Waals surface area contributed by atoms with Crippen LogP contribution in [0.15, 0.2) is 58.3 Å². The first-order chi connectivity index (χ1) is 10.1. The number of hydrogen-bond acceptors (Lipinski definition) is 4. The third-order valence-corrected chi connectivity index (χ3v) is 3.75. The number of nitrogens with zero attached hydrogens (tertiary/aromatic N) is 2. The Hall–Kier alpha value is -2.18. The van der Waals surface area contributed by atoms with Gasteiger partial charge in [-0.2, -0.15) is 0 Å². The van der Waals surface area contributed by atoms with E-state index in [-0.39, 0.29) is 5.82 Å². The Balaban J connectivity index is 1.89. The third-order valence-electron chi connectivity index (χ3n) is 2.92. The molecule has 0 N–H and O–H groups in total. The highest BCUT2D eigenvalue weighted by Gasteiger charge is 2.11. The standard InChI is InChI=1S/C15H11FN2O2S/c1-21(19)14-7-4-11(8-17-14)13-9-20-15(18-13)10-2-5-12(16)6-3-10/h2-9H,1H3/t21-/m0/s1. The van der Waals surface area contributed by atoms with Crippen LogP contribution in [-0.4, -0.2) is 20.8 Å². The molecule has 4 nitrogen and oxygen atoms in total. The Kier molecular flexibility index (Phi) is 3.72. The maximum Gasteiger partial charge on any atom is 0.244 e. The van der Waals surface area contributed by atoms with Crippen molar-refractivity contribution in [3.05, 3.63) is 54.7 Å². The highest BCUT2D eigenvalue weighted by molar-refractivity contribution is 7.90. The van der Waals surface area contributed by atoms with Gasteiger partial charge < -0.3 is 8.97 Å². The van der Waals surface area contributed by atoms with E-state index < -0.39 is 11.2 Å². The summed E-state index contributed by atoms with van der Waals surface area (Å²) in [5.74, 6) is 0.103. The molecule has 21 heavy (non-hydrogen) atoms. The topological polar surface area (TPSA) is 62.0 Å². The van der Waals surface area contributed by atoms with E-state index in [1.807, 2.05) is 0 Å². The second-order valence-corrected chi connectivity index (χ2v) is 5.71. The first-order valence-electron chi connectivity index (χ1n) is 6.15. The number of aromatic nitrogens is 2. The molecular weight excluding hydrogens is 291 g/mol. The van der Waals surface area contributed by atoms with Crippen molar-refractivity contribution in [2.75, 3.05) is 6.26 Å².